The number of sulfonamides is 1. The maximum atomic E-state index is 12.6. The van der Waals surface area contributed by atoms with E-state index in [0.29, 0.717) is 17.1 Å². The second-order valence-corrected chi connectivity index (χ2v) is 10.2. The van der Waals surface area contributed by atoms with Crippen LogP contribution in [0, 0.1) is 6.92 Å². The van der Waals surface area contributed by atoms with Gasteiger partial charge in [0.15, 0.2) is 5.16 Å². The molecule has 11 nitrogen and oxygen atoms in total. The Balaban J connectivity index is 1.67. The van der Waals surface area contributed by atoms with Crippen LogP contribution in [0.3, 0.4) is 0 Å². The first-order chi connectivity index (χ1) is 14.7. The minimum atomic E-state index is -3.84. The van der Waals surface area contributed by atoms with Crippen LogP contribution in [0.5, 0.6) is 5.88 Å². The number of benzene rings is 1. The summed E-state index contributed by atoms with van der Waals surface area (Å²) in [6.45, 7) is 3.50. The number of rotatable bonds is 8. The summed E-state index contributed by atoms with van der Waals surface area (Å²) in [5.74, 6) is -0.799. The zero-order chi connectivity index (χ0) is 22.6. The molecule has 1 atom stereocenters. The van der Waals surface area contributed by atoms with E-state index in [2.05, 4.69) is 30.2 Å². The normalized spacial score (nSPS) is 12.3. The highest BCUT2D eigenvalue weighted by Crippen LogP contribution is 2.25. The first-order valence-electron chi connectivity index (χ1n) is 8.87. The zero-order valence-corrected chi connectivity index (χ0v) is 18.8. The summed E-state index contributed by atoms with van der Waals surface area (Å²) in [5, 5.41) is 19.9. The second kappa shape index (κ2) is 9.45. The largest absolute Gasteiger partial charge is 0.493 e. The smallest absolute Gasteiger partial charge is 0.263 e. The van der Waals surface area contributed by atoms with Crippen LogP contribution in [-0.2, 0) is 14.8 Å². The molecule has 0 saturated heterocycles. The van der Waals surface area contributed by atoms with E-state index in [1.807, 2.05) is 0 Å². The quantitative estimate of drug-likeness (QED) is 0.277. The Kier molecular flexibility index (Phi) is 6.92. The number of amides is 1. The van der Waals surface area contributed by atoms with Crippen molar-refractivity contribution in [2.75, 3.05) is 10.0 Å². The van der Waals surface area contributed by atoms with E-state index in [1.165, 1.54) is 24.3 Å². The van der Waals surface area contributed by atoms with Gasteiger partial charge in [-0.3, -0.25) is 14.3 Å². The van der Waals surface area contributed by atoms with Crippen molar-refractivity contribution >= 4 is 49.8 Å². The number of carbonyl (C=O) groups excluding carboxylic acids is 1. The maximum Gasteiger partial charge on any atom is 0.263 e. The average Bonchev–Trinajstić information content (AvgIpc) is 3.09. The minimum Gasteiger partial charge on any atom is -0.493 e. The molecular weight excluding hydrogens is 464 g/mol. The number of carbonyl (C=O) groups is 1. The van der Waals surface area contributed by atoms with Crippen LogP contribution >= 0.6 is 23.1 Å². The van der Waals surface area contributed by atoms with Crippen LogP contribution in [0.25, 0.3) is 0 Å². The fourth-order valence-electron chi connectivity index (χ4n) is 2.39. The lowest BCUT2D eigenvalue weighted by Gasteiger charge is -2.14. The molecule has 14 heteroatoms. The number of hydrogen-bond donors (Lipinski definition) is 4. The molecule has 31 heavy (non-hydrogen) atoms. The van der Waals surface area contributed by atoms with Gasteiger partial charge < -0.3 is 15.4 Å². The zero-order valence-electron chi connectivity index (χ0n) is 16.3. The summed E-state index contributed by atoms with van der Waals surface area (Å²) in [5.41, 5.74) is -0.133. The molecule has 1 amide bonds. The Labute approximate surface area is 185 Å². The van der Waals surface area contributed by atoms with Crippen LogP contribution in [0.1, 0.15) is 18.4 Å². The maximum absolute atomic E-state index is 12.6. The molecule has 0 fully saturated rings. The minimum absolute atomic E-state index is 0.00121. The molecule has 0 aliphatic carbocycles. The van der Waals surface area contributed by atoms with Gasteiger partial charge in [-0.1, -0.05) is 30.0 Å². The number of aromatic nitrogens is 4. The Morgan fingerprint density at radius 1 is 1.29 bits per heavy atom. The van der Waals surface area contributed by atoms with Gasteiger partial charge in [0.2, 0.25) is 16.9 Å². The van der Waals surface area contributed by atoms with Crippen molar-refractivity contribution in [2.24, 2.45) is 0 Å². The number of thioether (sulfide) groups is 1. The summed E-state index contributed by atoms with van der Waals surface area (Å²) in [7, 11) is -3.84. The lowest BCUT2D eigenvalue weighted by molar-refractivity contribution is -0.115. The van der Waals surface area contributed by atoms with Crippen LogP contribution in [0.4, 0.5) is 10.8 Å². The third-order valence-electron chi connectivity index (χ3n) is 3.80. The van der Waals surface area contributed by atoms with Gasteiger partial charge in [0.1, 0.15) is 5.01 Å². The molecule has 0 spiro atoms. The molecule has 2 aromatic heterocycles. The third kappa shape index (κ3) is 6.02. The van der Waals surface area contributed by atoms with Crippen molar-refractivity contribution < 1.29 is 18.3 Å². The van der Waals surface area contributed by atoms with E-state index in [4.69, 9.17) is 0 Å². The number of nitrogens with zero attached hydrogens (tertiary/aromatic N) is 3. The van der Waals surface area contributed by atoms with E-state index in [9.17, 15) is 23.1 Å². The fraction of sp³-hybridized carbons (Fsp3) is 0.235. The molecule has 1 aromatic carbocycles. The Hall–Kier alpha value is -2.97. The summed E-state index contributed by atoms with van der Waals surface area (Å²) >= 11 is 2.11. The molecule has 4 N–H and O–H groups in total. The summed E-state index contributed by atoms with van der Waals surface area (Å²) in [4.78, 5) is 30.3. The van der Waals surface area contributed by atoms with Crippen molar-refractivity contribution in [1.82, 2.24) is 20.2 Å². The van der Waals surface area contributed by atoms with Gasteiger partial charge in [0, 0.05) is 5.69 Å². The molecule has 0 bridgehead atoms. The number of aromatic amines is 1. The standard InChI is InChI=1S/C17H18N6O5S3/c1-3-12(30-16-19-13(24)8-14(25)20-16)15(26)18-10-4-6-11(7-5-10)31(27,28)23-17-22-21-9(2)29-17/h4-8,12H,3H2,1-2H3,(H,18,26)(H,22,23)(H2,19,20,24,25). The highest BCUT2D eigenvalue weighted by Gasteiger charge is 2.21. The summed E-state index contributed by atoms with van der Waals surface area (Å²) in [6, 6.07) is 6.57. The van der Waals surface area contributed by atoms with E-state index in [-0.39, 0.29) is 21.1 Å². The first kappa shape index (κ1) is 22.7. The predicted molar refractivity (Wildman–Crippen MR) is 117 cm³/mol. The van der Waals surface area contributed by atoms with E-state index < -0.39 is 26.7 Å². The van der Waals surface area contributed by atoms with Crippen molar-refractivity contribution in [3.8, 4) is 5.88 Å². The second-order valence-electron chi connectivity index (χ2n) is 6.17. The highest BCUT2D eigenvalue weighted by atomic mass is 32.2. The van der Waals surface area contributed by atoms with Crippen molar-refractivity contribution in [1.29, 1.82) is 0 Å². The Bertz CT molecular complexity index is 1240. The van der Waals surface area contributed by atoms with Crippen LogP contribution < -0.4 is 15.6 Å². The van der Waals surface area contributed by atoms with Gasteiger partial charge in [-0.05, 0) is 37.6 Å². The molecule has 1 unspecified atom stereocenters. The molecular formula is C17H18N6O5S3. The number of nitrogens with one attached hydrogen (secondary N) is 3. The monoisotopic (exact) mass is 482 g/mol. The Morgan fingerprint density at radius 3 is 2.58 bits per heavy atom. The molecule has 0 saturated carbocycles. The average molecular weight is 483 g/mol. The van der Waals surface area contributed by atoms with Crippen molar-refractivity contribution in [2.45, 2.75) is 35.6 Å². The topological polar surface area (TPSA) is 167 Å². The van der Waals surface area contributed by atoms with E-state index >= 15 is 0 Å². The molecule has 0 aliphatic rings. The van der Waals surface area contributed by atoms with Gasteiger partial charge in [-0.25, -0.2) is 8.42 Å². The molecule has 164 valence electrons. The van der Waals surface area contributed by atoms with Gasteiger partial charge in [-0.2, -0.15) is 4.98 Å². The molecule has 2 heterocycles. The molecule has 0 aliphatic heterocycles. The summed E-state index contributed by atoms with van der Waals surface area (Å²) < 4.78 is 27.2. The Morgan fingerprint density at radius 2 is 2.00 bits per heavy atom. The van der Waals surface area contributed by atoms with Gasteiger partial charge >= 0.3 is 0 Å². The lowest BCUT2D eigenvalue weighted by Crippen LogP contribution is -2.25. The third-order valence-corrected chi connectivity index (χ3v) is 7.29. The fourth-order valence-corrected chi connectivity index (χ4v) is 5.12. The van der Waals surface area contributed by atoms with Gasteiger partial charge in [0.25, 0.3) is 15.6 Å². The number of anilines is 2. The highest BCUT2D eigenvalue weighted by molar-refractivity contribution is 8.00. The molecule has 0 radical (unpaired) electrons. The molecule has 3 rings (SSSR count). The molecule has 3 aromatic rings. The predicted octanol–water partition coefficient (Wildman–Crippen LogP) is 1.95. The summed E-state index contributed by atoms with van der Waals surface area (Å²) in [6.07, 6.45) is 0.424. The van der Waals surface area contributed by atoms with E-state index in [0.717, 1.165) is 29.2 Å². The van der Waals surface area contributed by atoms with Crippen molar-refractivity contribution in [3.63, 3.8) is 0 Å². The number of aromatic hydroxyl groups is 1. The number of aryl methyl sites for hydroxylation is 1. The van der Waals surface area contributed by atoms with Crippen LogP contribution in [0.2, 0.25) is 0 Å². The lowest BCUT2D eigenvalue weighted by atomic mass is 10.3. The van der Waals surface area contributed by atoms with Crippen LogP contribution in [0.15, 0.2) is 45.2 Å². The van der Waals surface area contributed by atoms with Crippen LogP contribution in [-0.4, -0.2) is 44.8 Å². The number of H-pyrrole nitrogens is 1. The van der Waals surface area contributed by atoms with Gasteiger partial charge in [-0.15, -0.1) is 10.2 Å². The van der Waals surface area contributed by atoms with Crippen molar-refractivity contribution in [3.05, 3.63) is 45.7 Å². The van der Waals surface area contributed by atoms with Gasteiger partial charge in [0.05, 0.1) is 16.2 Å². The SMILES string of the molecule is CCC(Sc1nc(O)cc(=O)[nH]1)C(=O)Nc1ccc(S(=O)(=O)Nc2nnc(C)s2)cc1. The first-order valence-corrected chi connectivity index (χ1v) is 12.0. The number of hydrogen-bond acceptors (Lipinski definition) is 10. The van der Waals surface area contributed by atoms with E-state index in [1.54, 1.807) is 13.8 Å².